The summed E-state index contributed by atoms with van der Waals surface area (Å²) in [4.78, 5) is 30.8. The van der Waals surface area contributed by atoms with Gasteiger partial charge in [-0.25, -0.2) is 9.97 Å². The summed E-state index contributed by atoms with van der Waals surface area (Å²) in [5.41, 5.74) is 3.38. The van der Waals surface area contributed by atoms with Crippen LogP contribution in [0.15, 0.2) is 35.0 Å². The third kappa shape index (κ3) is 3.89. The number of carbonyl (C=O) groups excluding carboxylic acids is 1. The van der Waals surface area contributed by atoms with Crippen LogP contribution in [0.25, 0.3) is 11.5 Å². The van der Waals surface area contributed by atoms with Gasteiger partial charge < -0.3 is 14.3 Å². The molecule has 0 spiro atoms. The number of fused-ring (bicyclic) bond motifs is 1. The molecule has 1 saturated heterocycles. The molecule has 0 saturated carbocycles. The van der Waals surface area contributed by atoms with E-state index in [0.29, 0.717) is 17.5 Å². The Morgan fingerprint density at radius 3 is 2.55 bits per heavy atom. The second-order valence-electron chi connectivity index (χ2n) is 8.34. The van der Waals surface area contributed by atoms with E-state index in [-0.39, 0.29) is 11.8 Å². The molecule has 1 amide bonds. The van der Waals surface area contributed by atoms with Gasteiger partial charge in [-0.05, 0) is 44.2 Å². The topological polar surface area (TPSA) is 88.2 Å². The van der Waals surface area contributed by atoms with Crippen LogP contribution in [0.5, 0.6) is 0 Å². The third-order valence-corrected chi connectivity index (χ3v) is 6.23. The van der Waals surface area contributed by atoms with Crippen molar-refractivity contribution in [2.75, 3.05) is 24.5 Å². The maximum Gasteiger partial charge on any atom is 0.263 e. The Kier molecular flexibility index (Phi) is 5.13. The SMILES string of the molecule is Cc1noc(-c2cnc(C)nc2N2CCC(C(=O)N3CCc4ccccc4C3)CC2)n1. The summed E-state index contributed by atoms with van der Waals surface area (Å²) >= 11 is 0. The number of nitrogens with zero attached hydrogens (tertiary/aromatic N) is 6. The summed E-state index contributed by atoms with van der Waals surface area (Å²) < 4.78 is 5.36. The maximum absolute atomic E-state index is 13.2. The summed E-state index contributed by atoms with van der Waals surface area (Å²) in [5.74, 6) is 2.83. The van der Waals surface area contributed by atoms with Crippen molar-refractivity contribution in [1.29, 1.82) is 0 Å². The van der Waals surface area contributed by atoms with Gasteiger partial charge in [0.2, 0.25) is 5.91 Å². The molecule has 0 aliphatic carbocycles. The van der Waals surface area contributed by atoms with Gasteiger partial charge >= 0.3 is 0 Å². The Hall–Kier alpha value is -3.29. The van der Waals surface area contributed by atoms with Crippen molar-refractivity contribution in [3.63, 3.8) is 0 Å². The van der Waals surface area contributed by atoms with Crippen LogP contribution in [-0.2, 0) is 17.8 Å². The van der Waals surface area contributed by atoms with Crippen LogP contribution in [0.1, 0.15) is 35.6 Å². The highest BCUT2D eigenvalue weighted by molar-refractivity contribution is 5.80. The third-order valence-electron chi connectivity index (χ3n) is 6.23. The lowest BCUT2D eigenvalue weighted by Gasteiger charge is -2.36. The Labute approximate surface area is 181 Å². The van der Waals surface area contributed by atoms with Crippen molar-refractivity contribution in [3.05, 3.63) is 53.2 Å². The summed E-state index contributed by atoms with van der Waals surface area (Å²) in [6, 6.07) is 8.43. The summed E-state index contributed by atoms with van der Waals surface area (Å²) in [5, 5.41) is 3.89. The predicted octanol–water partition coefficient (Wildman–Crippen LogP) is 2.94. The quantitative estimate of drug-likeness (QED) is 0.646. The van der Waals surface area contributed by atoms with Crippen LogP contribution < -0.4 is 4.90 Å². The van der Waals surface area contributed by atoms with E-state index >= 15 is 0 Å². The predicted molar refractivity (Wildman–Crippen MR) is 115 cm³/mol. The molecule has 0 radical (unpaired) electrons. The minimum atomic E-state index is 0.0542. The molecule has 1 aromatic carbocycles. The number of aryl methyl sites for hydroxylation is 2. The number of amides is 1. The van der Waals surface area contributed by atoms with Crippen LogP contribution >= 0.6 is 0 Å². The number of hydrogen-bond donors (Lipinski definition) is 0. The van der Waals surface area contributed by atoms with Gasteiger partial charge in [0.1, 0.15) is 17.2 Å². The number of benzene rings is 1. The van der Waals surface area contributed by atoms with Gasteiger partial charge in [0.15, 0.2) is 5.82 Å². The lowest BCUT2D eigenvalue weighted by Crippen LogP contribution is -2.44. The highest BCUT2D eigenvalue weighted by Crippen LogP contribution is 2.31. The summed E-state index contributed by atoms with van der Waals surface area (Å²) in [7, 11) is 0. The molecule has 160 valence electrons. The van der Waals surface area contributed by atoms with Gasteiger partial charge in [-0.15, -0.1) is 0 Å². The second-order valence-corrected chi connectivity index (χ2v) is 8.34. The minimum Gasteiger partial charge on any atom is -0.356 e. The number of aromatic nitrogens is 4. The normalized spacial score (nSPS) is 17.0. The molecular formula is C23H26N6O2. The average Bonchev–Trinajstić information content (AvgIpc) is 3.24. The highest BCUT2D eigenvalue weighted by atomic mass is 16.5. The number of rotatable bonds is 3. The molecule has 31 heavy (non-hydrogen) atoms. The monoisotopic (exact) mass is 418 g/mol. The van der Waals surface area contributed by atoms with Gasteiger partial charge in [0.05, 0.1) is 0 Å². The zero-order chi connectivity index (χ0) is 21.4. The first-order valence-electron chi connectivity index (χ1n) is 10.8. The lowest BCUT2D eigenvalue weighted by molar-refractivity contribution is -0.137. The Bertz CT molecular complexity index is 1100. The van der Waals surface area contributed by atoms with Crippen LogP contribution in [0.2, 0.25) is 0 Å². The van der Waals surface area contributed by atoms with Gasteiger partial charge in [0, 0.05) is 38.3 Å². The van der Waals surface area contributed by atoms with E-state index in [2.05, 4.69) is 49.3 Å². The van der Waals surface area contributed by atoms with E-state index in [4.69, 9.17) is 4.52 Å². The van der Waals surface area contributed by atoms with Gasteiger partial charge in [-0.3, -0.25) is 4.79 Å². The van der Waals surface area contributed by atoms with Crippen LogP contribution in [0, 0.1) is 19.8 Å². The highest BCUT2D eigenvalue weighted by Gasteiger charge is 2.32. The first-order valence-corrected chi connectivity index (χ1v) is 10.8. The molecule has 0 bridgehead atoms. The van der Waals surface area contributed by atoms with Crippen molar-refractivity contribution < 1.29 is 9.32 Å². The Morgan fingerprint density at radius 2 is 1.81 bits per heavy atom. The fourth-order valence-corrected chi connectivity index (χ4v) is 4.54. The fraction of sp³-hybridized carbons (Fsp3) is 0.435. The van der Waals surface area contributed by atoms with E-state index < -0.39 is 0 Å². The molecule has 8 nitrogen and oxygen atoms in total. The zero-order valence-electron chi connectivity index (χ0n) is 17.9. The van der Waals surface area contributed by atoms with Crippen LogP contribution in [0.4, 0.5) is 5.82 Å². The molecule has 4 heterocycles. The van der Waals surface area contributed by atoms with Crippen molar-refractivity contribution in [1.82, 2.24) is 25.0 Å². The number of hydrogen-bond acceptors (Lipinski definition) is 7. The lowest BCUT2D eigenvalue weighted by atomic mass is 9.93. The first-order chi connectivity index (χ1) is 15.1. The van der Waals surface area contributed by atoms with Gasteiger partial charge in [-0.2, -0.15) is 4.98 Å². The van der Waals surface area contributed by atoms with Crippen molar-refractivity contribution in [3.8, 4) is 11.5 Å². The number of carbonyl (C=O) groups is 1. The molecule has 2 aromatic heterocycles. The molecule has 0 atom stereocenters. The number of anilines is 1. The zero-order valence-corrected chi connectivity index (χ0v) is 17.9. The standard InChI is InChI=1S/C23H26N6O2/c1-15-24-13-20(22-26-16(2)27-31-22)21(25-15)28-10-8-18(9-11-28)23(30)29-12-7-17-5-3-4-6-19(17)14-29/h3-6,13,18H,7-12,14H2,1-2H3. The van der Waals surface area contributed by atoms with E-state index in [1.807, 2.05) is 11.8 Å². The minimum absolute atomic E-state index is 0.0542. The molecule has 1 fully saturated rings. The molecule has 8 heteroatoms. The second kappa shape index (κ2) is 8.09. The fourth-order valence-electron chi connectivity index (χ4n) is 4.54. The van der Waals surface area contributed by atoms with E-state index in [1.54, 1.807) is 13.1 Å². The largest absolute Gasteiger partial charge is 0.356 e. The van der Waals surface area contributed by atoms with Gasteiger partial charge in [0.25, 0.3) is 5.89 Å². The van der Waals surface area contributed by atoms with Crippen LogP contribution in [-0.4, -0.2) is 50.5 Å². The summed E-state index contributed by atoms with van der Waals surface area (Å²) in [6.07, 6.45) is 4.30. The molecule has 0 unspecified atom stereocenters. The Balaban J connectivity index is 1.28. The average molecular weight is 419 g/mol. The van der Waals surface area contributed by atoms with E-state index in [0.717, 1.165) is 56.8 Å². The Morgan fingerprint density at radius 1 is 1.03 bits per heavy atom. The first kappa shape index (κ1) is 19.7. The molecule has 0 N–H and O–H groups in total. The molecular weight excluding hydrogens is 392 g/mol. The molecule has 5 rings (SSSR count). The smallest absolute Gasteiger partial charge is 0.263 e. The van der Waals surface area contributed by atoms with Crippen LogP contribution in [0.3, 0.4) is 0 Å². The maximum atomic E-state index is 13.2. The van der Waals surface area contributed by atoms with E-state index in [9.17, 15) is 4.79 Å². The molecule has 3 aromatic rings. The van der Waals surface area contributed by atoms with E-state index in [1.165, 1.54) is 11.1 Å². The van der Waals surface area contributed by atoms with Gasteiger partial charge in [-0.1, -0.05) is 29.4 Å². The molecule has 2 aliphatic heterocycles. The van der Waals surface area contributed by atoms with Crippen molar-refractivity contribution in [2.24, 2.45) is 5.92 Å². The van der Waals surface area contributed by atoms with Crippen molar-refractivity contribution >= 4 is 11.7 Å². The molecule has 2 aliphatic rings. The number of piperidine rings is 1. The van der Waals surface area contributed by atoms with Crippen molar-refractivity contribution in [2.45, 2.75) is 39.7 Å². The summed E-state index contributed by atoms with van der Waals surface area (Å²) in [6.45, 7) is 6.71.